The number of carboxylic acids is 1. The van der Waals surface area contributed by atoms with Crippen LogP contribution in [0.25, 0.3) is 10.4 Å². The Morgan fingerprint density at radius 3 is 2.57 bits per heavy atom. The molecule has 0 radical (unpaired) electrons. The number of hydrogen-bond acceptors (Lipinski definition) is 3. The molecule has 0 spiro atoms. The lowest BCUT2D eigenvalue weighted by atomic mass is 9.76. The Bertz CT molecular complexity index is 804. The topological polar surface area (TPSA) is 66.4 Å². The van der Waals surface area contributed by atoms with Crippen LogP contribution in [0.4, 0.5) is 0 Å². The molecular weight excluding hydrogens is 310 g/mol. The van der Waals surface area contributed by atoms with E-state index in [-0.39, 0.29) is 5.91 Å². The molecule has 1 amide bonds. The lowest BCUT2D eigenvalue weighted by Gasteiger charge is -2.38. The highest BCUT2D eigenvalue weighted by Crippen LogP contribution is 2.40. The summed E-state index contributed by atoms with van der Waals surface area (Å²) in [5.41, 5.74) is 2.65. The Morgan fingerprint density at radius 1 is 1.13 bits per heavy atom. The van der Waals surface area contributed by atoms with Crippen molar-refractivity contribution in [2.75, 3.05) is 0 Å². The third kappa shape index (κ3) is 2.27. The molecule has 0 atom stereocenters. The number of aliphatic carboxylic acids is 1. The summed E-state index contributed by atoms with van der Waals surface area (Å²) < 4.78 is 0. The van der Waals surface area contributed by atoms with E-state index in [1.54, 1.807) is 0 Å². The van der Waals surface area contributed by atoms with Gasteiger partial charge in [0.2, 0.25) is 0 Å². The zero-order chi connectivity index (χ0) is 16.0. The minimum atomic E-state index is -1.06. The first-order valence-electron chi connectivity index (χ1n) is 7.86. The largest absolute Gasteiger partial charge is 0.480 e. The molecule has 2 aliphatic carbocycles. The highest BCUT2D eigenvalue weighted by molar-refractivity contribution is 7.17. The summed E-state index contributed by atoms with van der Waals surface area (Å²) in [4.78, 5) is 25.7. The smallest absolute Gasteiger partial charge is 0.329 e. The molecule has 2 N–H and O–H groups in total. The predicted octanol–water partition coefficient (Wildman–Crippen LogP) is 3.25. The molecule has 0 unspecified atom stereocenters. The second-order valence-electron chi connectivity index (χ2n) is 6.32. The lowest BCUT2D eigenvalue weighted by Crippen LogP contribution is -2.59. The maximum Gasteiger partial charge on any atom is 0.329 e. The quantitative estimate of drug-likeness (QED) is 0.909. The van der Waals surface area contributed by atoms with Crippen LogP contribution in [0.2, 0.25) is 0 Å². The molecule has 4 nitrogen and oxygen atoms in total. The molecule has 2 aliphatic rings. The summed E-state index contributed by atoms with van der Waals surface area (Å²) in [6.45, 7) is 0. The molecule has 23 heavy (non-hydrogen) atoms. The standard InChI is InChI=1S/C18H17NO3S/c20-16(19-18(17(21)22)8-3-9-18)14-10-12-7-6-11-4-1-2-5-13(11)15(12)23-14/h1-2,4-5,10H,3,6-9H2,(H,19,20)(H,21,22). The minimum Gasteiger partial charge on any atom is -0.480 e. The van der Waals surface area contributed by atoms with E-state index in [0.29, 0.717) is 17.7 Å². The van der Waals surface area contributed by atoms with Gasteiger partial charge >= 0.3 is 5.97 Å². The number of aryl methyl sites for hydroxylation is 2. The van der Waals surface area contributed by atoms with Gasteiger partial charge in [0.15, 0.2) is 0 Å². The third-order valence-corrected chi connectivity index (χ3v) is 6.14. The number of thiophene rings is 1. The van der Waals surface area contributed by atoms with E-state index in [1.165, 1.54) is 28.0 Å². The monoisotopic (exact) mass is 327 g/mol. The first kappa shape index (κ1) is 14.5. The van der Waals surface area contributed by atoms with Crippen molar-refractivity contribution in [1.29, 1.82) is 0 Å². The van der Waals surface area contributed by atoms with Crippen molar-refractivity contribution in [1.82, 2.24) is 5.32 Å². The number of fused-ring (bicyclic) bond motifs is 3. The van der Waals surface area contributed by atoms with Gasteiger partial charge in [-0.25, -0.2) is 4.79 Å². The minimum absolute atomic E-state index is 0.260. The highest BCUT2D eigenvalue weighted by atomic mass is 32.1. The molecule has 118 valence electrons. The summed E-state index contributed by atoms with van der Waals surface area (Å²) in [6, 6.07) is 10.2. The Morgan fingerprint density at radius 2 is 1.87 bits per heavy atom. The van der Waals surface area contributed by atoms with Crippen LogP contribution in [0.1, 0.15) is 40.1 Å². The van der Waals surface area contributed by atoms with Gasteiger partial charge in [-0.1, -0.05) is 24.3 Å². The average molecular weight is 327 g/mol. The fourth-order valence-corrected chi connectivity index (χ4v) is 4.55. The molecule has 5 heteroatoms. The van der Waals surface area contributed by atoms with E-state index < -0.39 is 11.5 Å². The van der Waals surface area contributed by atoms with Gasteiger partial charge in [-0.15, -0.1) is 11.3 Å². The van der Waals surface area contributed by atoms with Gasteiger partial charge in [-0.2, -0.15) is 0 Å². The molecule has 1 heterocycles. The van der Waals surface area contributed by atoms with Gasteiger partial charge in [-0.3, -0.25) is 4.79 Å². The van der Waals surface area contributed by atoms with Gasteiger partial charge in [0, 0.05) is 4.88 Å². The van der Waals surface area contributed by atoms with Crippen molar-refractivity contribution >= 4 is 23.2 Å². The van der Waals surface area contributed by atoms with Gasteiger partial charge in [-0.05, 0) is 54.9 Å². The Hall–Kier alpha value is -2.14. The lowest BCUT2D eigenvalue weighted by molar-refractivity contribution is -0.148. The third-order valence-electron chi connectivity index (χ3n) is 4.93. The van der Waals surface area contributed by atoms with E-state index in [1.807, 2.05) is 18.2 Å². The second kappa shape index (κ2) is 5.20. The van der Waals surface area contributed by atoms with Crippen LogP contribution in [0.5, 0.6) is 0 Å². The van der Waals surface area contributed by atoms with Crippen LogP contribution >= 0.6 is 11.3 Å². The molecule has 4 rings (SSSR count). The SMILES string of the molecule is O=C(NC1(C(=O)O)CCC1)c1cc2c(s1)-c1ccccc1CC2. The van der Waals surface area contributed by atoms with Gasteiger partial charge in [0.1, 0.15) is 5.54 Å². The Labute approximate surface area is 138 Å². The van der Waals surface area contributed by atoms with Gasteiger partial charge in [0.25, 0.3) is 5.91 Å². The molecule has 0 bridgehead atoms. The van der Waals surface area contributed by atoms with Crippen molar-refractivity contribution < 1.29 is 14.7 Å². The molecule has 1 aromatic heterocycles. The van der Waals surface area contributed by atoms with E-state index in [0.717, 1.165) is 24.1 Å². The summed E-state index contributed by atoms with van der Waals surface area (Å²) in [5, 5.41) is 12.1. The van der Waals surface area contributed by atoms with Crippen LogP contribution in [0, 0.1) is 0 Å². The molecule has 1 aromatic carbocycles. The van der Waals surface area contributed by atoms with Crippen molar-refractivity contribution in [3.05, 3.63) is 46.3 Å². The molecule has 0 saturated heterocycles. The molecule has 1 saturated carbocycles. The second-order valence-corrected chi connectivity index (χ2v) is 7.37. The summed E-state index contributed by atoms with van der Waals surface area (Å²) in [7, 11) is 0. The number of nitrogens with one attached hydrogen (secondary N) is 1. The first-order valence-corrected chi connectivity index (χ1v) is 8.68. The van der Waals surface area contributed by atoms with E-state index in [4.69, 9.17) is 0 Å². The van der Waals surface area contributed by atoms with Crippen molar-refractivity contribution in [2.24, 2.45) is 0 Å². The number of hydrogen-bond donors (Lipinski definition) is 2. The van der Waals surface area contributed by atoms with Crippen LogP contribution in [-0.2, 0) is 17.6 Å². The number of amides is 1. The summed E-state index contributed by atoms with van der Waals surface area (Å²) in [6.07, 6.45) is 3.80. The number of carbonyl (C=O) groups excluding carboxylic acids is 1. The maximum absolute atomic E-state index is 12.5. The fourth-order valence-electron chi connectivity index (χ4n) is 3.39. The Balaban J connectivity index is 1.64. The van der Waals surface area contributed by atoms with Crippen molar-refractivity contribution in [3.63, 3.8) is 0 Å². The predicted molar refractivity (Wildman–Crippen MR) is 88.8 cm³/mol. The molecular formula is C18H17NO3S. The Kier molecular flexibility index (Phi) is 3.27. The molecule has 0 aliphatic heterocycles. The van der Waals surface area contributed by atoms with Crippen LogP contribution < -0.4 is 5.32 Å². The van der Waals surface area contributed by atoms with Crippen molar-refractivity contribution in [2.45, 2.75) is 37.6 Å². The number of rotatable bonds is 3. The molecule has 1 fully saturated rings. The van der Waals surface area contributed by atoms with E-state index >= 15 is 0 Å². The summed E-state index contributed by atoms with van der Waals surface area (Å²) >= 11 is 1.47. The van der Waals surface area contributed by atoms with E-state index in [2.05, 4.69) is 17.4 Å². The highest BCUT2D eigenvalue weighted by Gasteiger charge is 2.46. The zero-order valence-electron chi connectivity index (χ0n) is 12.6. The first-order chi connectivity index (χ1) is 11.1. The summed E-state index contributed by atoms with van der Waals surface area (Å²) in [5.74, 6) is -1.19. The zero-order valence-corrected chi connectivity index (χ0v) is 13.4. The van der Waals surface area contributed by atoms with Crippen LogP contribution in [0.3, 0.4) is 0 Å². The van der Waals surface area contributed by atoms with Gasteiger partial charge < -0.3 is 10.4 Å². The van der Waals surface area contributed by atoms with Crippen LogP contribution in [0.15, 0.2) is 30.3 Å². The van der Waals surface area contributed by atoms with Crippen LogP contribution in [-0.4, -0.2) is 22.5 Å². The molecule has 2 aromatic rings. The van der Waals surface area contributed by atoms with Crippen molar-refractivity contribution in [3.8, 4) is 10.4 Å². The maximum atomic E-state index is 12.5. The average Bonchev–Trinajstić information content (AvgIpc) is 2.95. The number of benzene rings is 1. The normalized spacial score (nSPS) is 17.6. The van der Waals surface area contributed by atoms with E-state index in [9.17, 15) is 14.7 Å². The van der Waals surface area contributed by atoms with Gasteiger partial charge in [0.05, 0.1) is 4.88 Å². The number of carbonyl (C=O) groups is 2. The number of carboxylic acid groups (broad SMARTS) is 1. The fraction of sp³-hybridized carbons (Fsp3) is 0.333.